The molecule has 108 valence electrons. The number of carbonyl (C=O) groups is 1. The van der Waals surface area contributed by atoms with Crippen LogP contribution >= 0.6 is 0 Å². The molecule has 5 nitrogen and oxygen atoms in total. The summed E-state index contributed by atoms with van der Waals surface area (Å²) in [6.45, 7) is 9.20. The molecule has 0 saturated heterocycles. The van der Waals surface area contributed by atoms with Gasteiger partial charge in [0.25, 0.3) is 0 Å². The monoisotopic (exact) mass is 267 g/mol. The Labute approximate surface area is 115 Å². The van der Waals surface area contributed by atoms with Crippen LogP contribution in [0.5, 0.6) is 0 Å². The Kier molecular flexibility index (Phi) is 6.56. The Bertz CT molecular complexity index is 388. The lowest BCUT2D eigenvalue weighted by Crippen LogP contribution is -2.22. The Morgan fingerprint density at radius 2 is 2.21 bits per heavy atom. The summed E-state index contributed by atoms with van der Waals surface area (Å²) >= 11 is 0. The molecule has 0 spiro atoms. The summed E-state index contributed by atoms with van der Waals surface area (Å²) in [6, 6.07) is 0.159. The van der Waals surface area contributed by atoms with E-state index in [2.05, 4.69) is 31.1 Å². The van der Waals surface area contributed by atoms with E-state index in [0.717, 1.165) is 18.5 Å². The van der Waals surface area contributed by atoms with Crippen molar-refractivity contribution in [2.75, 3.05) is 6.61 Å². The van der Waals surface area contributed by atoms with Gasteiger partial charge in [-0.15, -0.1) is 0 Å². The Hall–Kier alpha value is -1.36. The molecule has 1 rings (SSSR count). The van der Waals surface area contributed by atoms with Crippen molar-refractivity contribution in [2.24, 2.45) is 0 Å². The SMILES string of the molecule is CCCC(C(=O)OCC)n1cnc(CNC(C)C)c1. The Balaban J connectivity index is 2.71. The van der Waals surface area contributed by atoms with Crippen LogP contribution in [-0.2, 0) is 16.1 Å². The highest BCUT2D eigenvalue weighted by Crippen LogP contribution is 2.16. The van der Waals surface area contributed by atoms with Crippen molar-refractivity contribution < 1.29 is 9.53 Å². The number of imidazole rings is 1. The van der Waals surface area contributed by atoms with Gasteiger partial charge < -0.3 is 14.6 Å². The van der Waals surface area contributed by atoms with Gasteiger partial charge in [-0.05, 0) is 13.3 Å². The second-order valence-electron chi connectivity index (χ2n) is 4.90. The lowest BCUT2D eigenvalue weighted by molar-refractivity contribution is -0.147. The fourth-order valence-corrected chi connectivity index (χ4v) is 1.85. The van der Waals surface area contributed by atoms with Crippen LogP contribution in [0.2, 0.25) is 0 Å². The zero-order chi connectivity index (χ0) is 14.3. The first kappa shape index (κ1) is 15.7. The van der Waals surface area contributed by atoms with Crippen molar-refractivity contribution >= 4 is 5.97 Å². The summed E-state index contributed by atoms with van der Waals surface area (Å²) in [6.07, 6.45) is 5.34. The molecule has 0 saturated carbocycles. The minimum absolute atomic E-state index is 0.176. The number of ether oxygens (including phenoxy) is 1. The van der Waals surface area contributed by atoms with E-state index >= 15 is 0 Å². The average Bonchev–Trinajstić information content (AvgIpc) is 2.82. The molecule has 0 aliphatic rings. The van der Waals surface area contributed by atoms with Crippen molar-refractivity contribution in [3.63, 3.8) is 0 Å². The molecular formula is C14H25N3O2. The topological polar surface area (TPSA) is 56.2 Å². The Morgan fingerprint density at radius 3 is 2.79 bits per heavy atom. The van der Waals surface area contributed by atoms with Gasteiger partial charge in [-0.25, -0.2) is 9.78 Å². The lowest BCUT2D eigenvalue weighted by Gasteiger charge is -2.15. The van der Waals surface area contributed by atoms with Gasteiger partial charge in [0.1, 0.15) is 6.04 Å². The number of esters is 1. The summed E-state index contributed by atoms with van der Waals surface area (Å²) in [5.41, 5.74) is 0.944. The van der Waals surface area contributed by atoms with Crippen LogP contribution in [0.4, 0.5) is 0 Å². The second kappa shape index (κ2) is 7.94. The molecule has 1 heterocycles. The largest absolute Gasteiger partial charge is 0.464 e. The third-order valence-electron chi connectivity index (χ3n) is 2.83. The van der Waals surface area contributed by atoms with Gasteiger partial charge in [-0.1, -0.05) is 27.2 Å². The molecule has 0 aliphatic heterocycles. The molecule has 19 heavy (non-hydrogen) atoms. The Morgan fingerprint density at radius 1 is 1.47 bits per heavy atom. The van der Waals surface area contributed by atoms with Crippen molar-refractivity contribution in [1.29, 1.82) is 0 Å². The minimum Gasteiger partial charge on any atom is -0.464 e. The van der Waals surface area contributed by atoms with Crippen LogP contribution in [0, 0.1) is 0 Å². The number of carbonyl (C=O) groups excluding carboxylic acids is 1. The molecule has 0 fully saturated rings. The van der Waals surface area contributed by atoms with Crippen molar-refractivity contribution in [1.82, 2.24) is 14.9 Å². The van der Waals surface area contributed by atoms with Crippen LogP contribution in [0.1, 0.15) is 52.3 Å². The number of rotatable bonds is 8. The van der Waals surface area contributed by atoms with E-state index in [4.69, 9.17) is 4.74 Å². The molecule has 1 aromatic heterocycles. The van der Waals surface area contributed by atoms with Gasteiger partial charge >= 0.3 is 5.97 Å². The van der Waals surface area contributed by atoms with Crippen molar-refractivity contribution in [2.45, 2.75) is 59.2 Å². The normalized spacial score (nSPS) is 12.7. The van der Waals surface area contributed by atoms with Crippen molar-refractivity contribution in [3.05, 3.63) is 18.2 Å². The smallest absolute Gasteiger partial charge is 0.329 e. The molecule has 1 N–H and O–H groups in total. The lowest BCUT2D eigenvalue weighted by atomic mass is 10.1. The number of aromatic nitrogens is 2. The highest BCUT2D eigenvalue weighted by atomic mass is 16.5. The van der Waals surface area contributed by atoms with E-state index in [0.29, 0.717) is 19.2 Å². The van der Waals surface area contributed by atoms with Gasteiger partial charge in [0.15, 0.2) is 0 Å². The minimum atomic E-state index is -0.259. The first-order valence-corrected chi connectivity index (χ1v) is 7.00. The maximum absolute atomic E-state index is 11.9. The van der Waals surface area contributed by atoms with E-state index in [1.165, 1.54) is 0 Å². The van der Waals surface area contributed by atoms with E-state index in [-0.39, 0.29) is 12.0 Å². The van der Waals surface area contributed by atoms with Gasteiger partial charge in [0, 0.05) is 18.8 Å². The van der Waals surface area contributed by atoms with E-state index in [1.54, 1.807) is 6.33 Å². The van der Waals surface area contributed by atoms with Crippen LogP contribution in [0.3, 0.4) is 0 Å². The summed E-state index contributed by atoms with van der Waals surface area (Å²) in [4.78, 5) is 16.2. The standard InChI is InChI=1S/C14H25N3O2/c1-5-7-13(14(18)19-6-2)17-9-12(16-10-17)8-15-11(3)4/h9-11,13,15H,5-8H2,1-4H3. The predicted molar refractivity (Wildman–Crippen MR) is 74.8 cm³/mol. The summed E-state index contributed by atoms with van der Waals surface area (Å²) in [5.74, 6) is -0.176. The van der Waals surface area contributed by atoms with Crippen LogP contribution in [-0.4, -0.2) is 28.2 Å². The second-order valence-corrected chi connectivity index (χ2v) is 4.90. The molecule has 0 aromatic carbocycles. The van der Waals surface area contributed by atoms with Gasteiger partial charge in [0.05, 0.1) is 18.6 Å². The quantitative estimate of drug-likeness (QED) is 0.734. The molecule has 0 amide bonds. The first-order valence-electron chi connectivity index (χ1n) is 7.00. The molecule has 0 radical (unpaired) electrons. The van der Waals surface area contributed by atoms with Gasteiger partial charge in [-0.2, -0.15) is 0 Å². The summed E-state index contributed by atoms with van der Waals surface area (Å²) < 4.78 is 6.98. The molecule has 1 atom stereocenters. The zero-order valence-electron chi connectivity index (χ0n) is 12.3. The van der Waals surface area contributed by atoms with Crippen molar-refractivity contribution in [3.8, 4) is 0 Å². The first-order chi connectivity index (χ1) is 9.08. The third-order valence-corrected chi connectivity index (χ3v) is 2.83. The van der Waals surface area contributed by atoms with Gasteiger partial charge in [0.2, 0.25) is 0 Å². The molecule has 0 bridgehead atoms. The van der Waals surface area contributed by atoms with E-state index in [1.807, 2.05) is 17.7 Å². The number of nitrogens with one attached hydrogen (secondary N) is 1. The maximum atomic E-state index is 11.9. The third kappa shape index (κ3) is 5.03. The summed E-state index contributed by atoms with van der Waals surface area (Å²) in [7, 11) is 0. The number of hydrogen-bond donors (Lipinski definition) is 1. The molecule has 1 aromatic rings. The number of hydrogen-bond acceptors (Lipinski definition) is 4. The van der Waals surface area contributed by atoms with Crippen LogP contribution < -0.4 is 5.32 Å². The highest BCUT2D eigenvalue weighted by molar-refractivity contribution is 5.74. The van der Waals surface area contributed by atoms with E-state index in [9.17, 15) is 4.79 Å². The van der Waals surface area contributed by atoms with Gasteiger partial charge in [-0.3, -0.25) is 0 Å². The average molecular weight is 267 g/mol. The maximum Gasteiger partial charge on any atom is 0.329 e. The fraction of sp³-hybridized carbons (Fsp3) is 0.714. The highest BCUT2D eigenvalue weighted by Gasteiger charge is 2.20. The molecule has 0 aliphatic carbocycles. The number of nitrogens with zero attached hydrogens (tertiary/aromatic N) is 2. The predicted octanol–water partition coefficient (Wildman–Crippen LogP) is 2.29. The molecule has 1 unspecified atom stereocenters. The fourth-order valence-electron chi connectivity index (χ4n) is 1.85. The van der Waals surface area contributed by atoms with Crippen LogP contribution in [0.25, 0.3) is 0 Å². The zero-order valence-corrected chi connectivity index (χ0v) is 12.3. The molecule has 5 heteroatoms. The summed E-state index contributed by atoms with van der Waals surface area (Å²) in [5, 5.41) is 3.31. The van der Waals surface area contributed by atoms with E-state index < -0.39 is 0 Å². The molecular weight excluding hydrogens is 242 g/mol. The van der Waals surface area contributed by atoms with Crippen LogP contribution in [0.15, 0.2) is 12.5 Å².